The smallest absolute Gasteiger partial charge is 0.410 e. The summed E-state index contributed by atoms with van der Waals surface area (Å²) in [6.45, 7) is 7.72. The lowest BCUT2D eigenvalue weighted by Crippen LogP contribution is -2.53. The molecule has 2 atom stereocenters. The maximum Gasteiger partial charge on any atom is 0.410 e. The predicted octanol–water partition coefficient (Wildman–Crippen LogP) is 2.56. The molecule has 0 bridgehead atoms. The third-order valence-corrected chi connectivity index (χ3v) is 5.95. The number of nitrogens with one attached hydrogen (secondary N) is 3. The lowest BCUT2D eigenvalue weighted by Gasteiger charge is -2.36. The van der Waals surface area contributed by atoms with Gasteiger partial charge in [-0.15, -0.1) is 0 Å². The van der Waals surface area contributed by atoms with E-state index in [1.54, 1.807) is 29.2 Å². The minimum Gasteiger partial charge on any atom is -0.444 e. The van der Waals surface area contributed by atoms with Crippen LogP contribution in [0.15, 0.2) is 30.3 Å². The van der Waals surface area contributed by atoms with E-state index in [9.17, 15) is 19.2 Å². The van der Waals surface area contributed by atoms with Gasteiger partial charge in [-0.1, -0.05) is 18.2 Å². The number of carbonyl (C=O) groups excluding carboxylic acids is 4. The normalized spacial score (nSPS) is 21.1. The highest BCUT2D eigenvalue weighted by molar-refractivity contribution is 6.01. The molecule has 0 saturated carbocycles. The molecule has 1 aromatic rings. The molecule has 0 aliphatic carbocycles. The highest BCUT2D eigenvalue weighted by atomic mass is 16.6. The lowest BCUT2D eigenvalue weighted by molar-refractivity contribution is -0.127. The van der Waals surface area contributed by atoms with Crippen LogP contribution in [0.1, 0.15) is 46.5 Å². The summed E-state index contributed by atoms with van der Waals surface area (Å²) in [5, 5.41) is 8.07. The number of para-hydroxylation sites is 1. The molecule has 1 aromatic carbocycles. The van der Waals surface area contributed by atoms with Crippen LogP contribution in [0.25, 0.3) is 0 Å². The minimum absolute atomic E-state index is 0.0724. The Balaban J connectivity index is 1.43. The van der Waals surface area contributed by atoms with E-state index in [1.807, 2.05) is 31.7 Å². The van der Waals surface area contributed by atoms with E-state index in [4.69, 9.17) is 4.74 Å². The van der Waals surface area contributed by atoms with Crippen molar-refractivity contribution >= 4 is 29.6 Å². The molecule has 0 aromatic heterocycles. The van der Waals surface area contributed by atoms with Gasteiger partial charge >= 0.3 is 12.1 Å². The molecule has 2 aliphatic heterocycles. The average Bonchev–Trinajstić information content (AvgIpc) is 2.78. The van der Waals surface area contributed by atoms with Gasteiger partial charge in [0.05, 0.1) is 12.5 Å². The minimum atomic E-state index is -0.577. The maximum absolute atomic E-state index is 12.9. The molecule has 192 valence electrons. The number of anilines is 1. The van der Waals surface area contributed by atoms with E-state index >= 15 is 0 Å². The van der Waals surface area contributed by atoms with Crippen molar-refractivity contribution in [3.8, 4) is 0 Å². The summed E-state index contributed by atoms with van der Waals surface area (Å²) in [5.41, 5.74) is 0.0262. The molecule has 10 heteroatoms. The Labute approximate surface area is 206 Å². The molecule has 0 unspecified atom stereocenters. The van der Waals surface area contributed by atoms with Crippen LogP contribution in [-0.4, -0.2) is 78.1 Å². The van der Waals surface area contributed by atoms with E-state index < -0.39 is 17.5 Å². The van der Waals surface area contributed by atoms with Crippen molar-refractivity contribution in [1.29, 1.82) is 0 Å². The number of likely N-dealkylation sites (tertiary alicyclic amines) is 2. The number of carbonyl (C=O) groups is 4. The largest absolute Gasteiger partial charge is 0.444 e. The molecule has 2 fully saturated rings. The molecular formula is C25H37N5O5. The molecular weight excluding hydrogens is 450 g/mol. The molecule has 0 radical (unpaired) electrons. The standard InChI is InChI=1S/C25H37N5O5/c1-25(2,3)35-24(34)30-14-7-9-18(15-30)22(32)26-20-12-8-13-29(16-20)17-21(31)28-23(33)27-19-10-5-4-6-11-19/h4-6,10-11,18,20H,7-9,12-17H2,1-3H3,(H,26,32)(H2,27,28,31,33)/t18-,20+/m1/s1. The number of rotatable bonds is 5. The zero-order valence-electron chi connectivity index (χ0n) is 20.8. The monoisotopic (exact) mass is 487 g/mol. The second kappa shape index (κ2) is 12.0. The van der Waals surface area contributed by atoms with E-state index in [0.29, 0.717) is 25.3 Å². The van der Waals surface area contributed by atoms with E-state index in [-0.39, 0.29) is 30.5 Å². The predicted molar refractivity (Wildman–Crippen MR) is 132 cm³/mol. The number of ether oxygens (including phenoxy) is 1. The zero-order chi connectivity index (χ0) is 25.4. The Hall–Kier alpha value is -3.14. The first-order valence-corrected chi connectivity index (χ1v) is 12.3. The van der Waals surface area contributed by atoms with Gasteiger partial charge in [0.25, 0.3) is 0 Å². The van der Waals surface area contributed by atoms with Gasteiger partial charge in [0.1, 0.15) is 5.60 Å². The van der Waals surface area contributed by atoms with Crippen molar-refractivity contribution in [3.05, 3.63) is 30.3 Å². The van der Waals surface area contributed by atoms with Gasteiger partial charge in [-0.25, -0.2) is 9.59 Å². The second-order valence-electron chi connectivity index (χ2n) is 10.2. The summed E-state index contributed by atoms with van der Waals surface area (Å²) in [4.78, 5) is 53.3. The summed E-state index contributed by atoms with van der Waals surface area (Å²) < 4.78 is 5.45. The zero-order valence-corrected chi connectivity index (χ0v) is 20.8. The van der Waals surface area contributed by atoms with Gasteiger partial charge < -0.3 is 20.3 Å². The molecule has 2 saturated heterocycles. The average molecular weight is 488 g/mol. The van der Waals surface area contributed by atoms with Crippen LogP contribution in [0, 0.1) is 5.92 Å². The summed E-state index contributed by atoms with van der Waals surface area (Å²) in [7, 11) is 0. The summed E-state index contributed by atoms with van der Waals surface area (Å²) in [5.74, 6) is -0.751. The van der Waals surface area contributed by atoms with Crippen molar-refractivity contribution < 1.29 is 23.9 Å². The topological polar surface area (TPSA) is 120 Å². The first kappa shape index (κ1) is 26.5. The number of hydrogen-bond donors (Lipinski definition) is 3. The number of amides is 5. The van der Waals surface area contributed by atoms with Crippen LogP contribution >= 0.6 is 0 Å². The Kier molecular flexibility index (Phi) is 9.08. The fourth-order valence-electron chi connectivity index (χ4n) is 4.37. The van der Waals surface area contributed by atoms with Gasteiger partial charge in [0.2, 0.25) is 11.8 Å². The molecule has 2 heterocycles. The fraction of sp³-hybridized carbons (Fsp3) is 0.600. The van der Waals surface area contributed by atoms with Gasteiger partial charge in [-0.3, -0.25) is 19.8 Å². The van der Waals surface area contributed by atoms with Crippen molar-refractivity contribution in [3.63, 3.8) is 0 Å². The van der Waals surface area contributed by atoms with Gasteiger partial charge in [0, 0.05) is 31.4 Å². The number of urea groups is 1. The van der Waals surface area contributed by atoms with Gasteiger partial charge in [0.15, 0.2) is 0 Å². The van der Waals surface area contributed by atoms with Crippen LogP contribution < -0.4 is 16.0 Å². The number of imide groups is 1. The van der Waals surface area contributed by atoms with Crippen LogP contribution in [-0.2, 0) is 14.3 Å². The van der Waals surface area contributed by atoms with Crippen molar-refractivity contribution in [2.75, 3.05) is 38.0 Å². The number of benzene rings is 1. The van der Waals surface area contributed by atoms with E-state index in [2.05, 4.69) is 16.0 Å². The molecule has 10 nitrogen and oxygen atoms in total. The van der Waals surface area contributed by atoms with E-state index in [0.717, 1.165) is 32.2 Å². The Morgan fingerprint density at radius 3 is 2.43 bits per heavy atom. The van der Waals surface area contributed by atoms with Crippen molar-refractivity contribution in [1.82, 2.24) is 20.4 Å². The summed E-state index contributed by atoms with van der Waals surface area (Å²) >= 11 is 0. The first-order chi connectivity index (χ1) is 16.6. The lowest BCUT2D eigenvalue weighted by atomic mass is 9.96. The number of nitrogens with zero attached hydrogens (tertiary/aromatic N) is 2. The molecule has 3 N–H and O–H groups in total. The third-order valence-electron chi connectivity index (χ3n) is 5.95. The van der Waals surface area contributed by atoms with Gasteiger partial charge in [-0.2, -0.15) is 0 Å². The van der Waals surface area contributed by atoms with Crippen LogP contribution in [0.5, 0.6) is 0 Å². The molecule has 0 spiro atoms. The molecule has 5 amide bonds. The van der Waals surface area contributed by atoms with Crippen molar-refractivity contribution in [2.45, 2.75) is 58.1 Å². The Morgan fingerprint density at radius 2 is 1.71 bits per heavy atom. The van der Waals surface area contributed by atoms with Crippen molar-refractivity contribution in [2.24, 2.45) is 5.92 Å². The second-order valence-corrected chi connectivity index (χ2v) is 10.2. The third kappa shape index (κ3) is 8.86. The number of hydrogen-bond acceptors (Lipinski definition) is 6. The van der Waals surface area contributed by atoms with Crippen LogP contribution in [0.3, 0.4) is 0 Å². The van der Waals surface area contributed by atoms with Crippen LogP contribution in [0.2, 0.25) is 0 Å². The SMILES string of the molecule is CC(C)(C)OC(=O)N1CCC[C@@H](C(=O)N[C@H]2CCCN(CC(=O)NC(=O)Nc3ccccc3)C2)C1. The first-order valence-electron chi connectivity index (χ1n) is 12.3. The Bertz CT molecular complexity index is 901. The molecule has 35 heavy (non-hydrogen) atoms. The highest BCUT2D eigenvalue weighted by Crippen LogP contribution is 2.20. The number of piperidine rings is 2. The quantitative estimate of drug-likeness (QED) is 0.587. The highest BCUT2D eigenvalue weighted by Gasteiger charge is 2.32. The maximum atomic E-state index is 12.9. The van der Waals surface area contributed by atoms with Gasteiger partial charge in [-0.05, 0) is 65.1 Å². The Morgan fingerprint density at radius 1 is 1.00 bits per heavy atom. The molecule has 2 aliphatic rings. The summed E-state index contributed by atoms with van der Waals surface area (Å²) in [6, 6.07) is 8.24. The molecule has 3 rings (SSSR count). The summed E-state index contributed by atoms with van der Waals surface area (Å²) in [6.07, 6.45) is 2.74. The van der Waals surface area contributed by atoms with Crippen LogP contribution in [0.4, 0.5) is 15.3 Å². The fourth-order valence-corrected chi connectivity index (χ4v) is 4.37. The van der Waals surface area contributed by atoms with E-state index in [1.165, 1.54) is 0 Å².